The number of phenols is 1. The molecule has 118 valence electrons. The number of aromatic hydroxyl groups is 1. The van der Waals surface area contributed by atoms with E-state index < -0.39 is 40.0 Å². The van der Waals surface area contributed by atoms with Crippen molar-refractivity contribution in [2.75, 3.05) is 4.90 Å². The summed E-state index contributed by atoms with van der Waals surface area (Å²) in [6.45, 7) is 0. The lowest BCUT2D eigenvalue weighted by atomic mass is 10.1. The highest BCUT2D eigenvalue weighted by atomic mass is 35.5. The SMILES string of the molecule is O=C1c2ccccc2C(=O)N1c1c(O)cc(C(F)(F)F)cc1Cl. The number of hydrogen-bond donors (Lipinski definition) is 1. The lowest BCUT2D eigenvalue weighted by molar-refractivity contribution is -0.137. The second-order valence-electron chi connectivity index (χ2n) is 4.81. The van der Waals surface area contributed by atoms with E-state index in [0.717, 1.165) is 0 Å². The normalized spacial score (nSPS) is 14.3. The Bertz CT molecular complexity index is 790. The third kappa shape index (κ3) is 2.33. The maximum absolute atomic E-state index is 12.7. The minimum absolute atomic E-state index is 0.0906. The van der Waals surface area contributed by atoms with Crippen molar-refractivity contribution < 1.29 is 27.9 Å². The monoisotopic (exact) mass is 341 g/mol. The van der Waals surface area contributed by atoms with Gasteiger partial charge in [-0.1, -0.05) is 23.7 Å². The predicted octanol–water partition coefficient (Wildman–Crippen LogP) is 3.87. The lowest BCUT2D eigenvalue weighted by Crippen LogP contribution is -2.29. The molecule has 4 nitrogen and oxygen atoms in total. The second-order valence-corrected chi connectivity index (χ2v) is 5.22. The molecule has 0 spiro atoms. The summed E-state index contributed by atoms with van der Waals surface area (Å²) in [5.74, 6) is -2.43. The summed E-state index contributed by atoms with van der Waals surface area (Å²) in [4.78, 5) is 25.2. The van der Waals surface area contributed by atoms with Crippen LogP contribution in [0.3, 0.4) is 0 Å². The Labute approximate surface area is 132 Å². The molecule has 3 rings (SSSR count). The Kier molecular flexibility index (Phi) is 3.33. The Morgan fingerprint density at radius 2 is 1.52 bits per heavy atom. The molecular formula is C15H7ClF3NO3. The number of carbonyl (C=O) groups excluding carboxylic acids is 2. The van der Waals surface area contributed by atoms with Gasteiger partial charge in [0.05, 0.1) is 21.7 Å². The predicted molar refractivity (Wildman–Crippen MR) is 75.7 cm³/mol. The van der Waals surface area contributed by atoms with Crippen LogP contribution in [0.15, 0.2) is 36.4 Å². The maximum Gasteiger partial charge on any atom is 0.416 e. The summed E-state index contributed by atoms with van der Waals surface area (Å²) >= 11 is 5.79. The molecule has 0 radical (unpaired) electrons. The topological polar surface area (TPSA) is 57.6 Å². The van der Waals surface area contributed by atoms with E-state index in [1.54, 1.807) is 12.1 Å². The van der Waals surface area contributed by atoms with Gasteiger partial charge in [0.2, 0.25) is 0 Å². The molecular weight excluding hydrogens is 335 g/mol. The van der Waals surface area contributed by atoms with Gasteiger partial charge in [-0.15, -0.1) is 0 Å². The number of alkyl halides is 3. The molecule has 0 aliphatic carbocycles. The lowest BCUT2D eigenvalue weighted by Gasteiger charge is -2.18. The summed E-state index contributed by atoms with van der Waals surface area (Å²) in [6, 6.07) is 6.88. The van der Waals surface area contributed by atoms with Crippen LogP contribution < -0.4 is 4.90 Å². The van der Waals surface area contributed by atoms with Crippen molar-refractivity contribution in [1.29, 1.82) is 0 Å². The molecule has 0 unspecified atom stereocenters. The number of fused-ring (bicyclic) bond motifs is 1. The largest absolute Gasteiger partial charge is 0.506 e. The highest BCUT2D eigenvalue weighted by Gasteiger charge is 2.40. The van der Waals surface area contributed by atoms with E-state index in [2.05, 4.69) is 0 Å². The number of halogens is 4. The van der Waals surface area contributed by atoms with Crippen LogP contribution in [0.2, 0.25) is 5.02 Å². The Balaban J connectivity index is 2.15. The van der Waals surface area contributed by atoms with Gasteiger partial charge in [0.1, 0.15) is 11.4 Å². The van der Waals surface area contributed by atoms with Crippen molar-refractivity contribution in [3.05, 3.63) is 58.1 Å². The van der Waals surface area contributed by atoms with E-state index >= 15 is 0 Å². The molecule has 2 aromatic carbocycles. The van der Waals surface area contributed by atoms with E-state index in [1.165, 1.54) is 12.1 Å². The highest BCUT2D eigenvalue weighted by Crippen LogP contribution is 2.43. The van der Waals surface area contributed by atoms with Gasteiger partial charge in [0.25, 0.3) is 11.8 Å². The molecule has 8 heteroatoms. The zero-order valence-corrected chi connectivity index (χ0v) is 11.9. The third-order valence-corrected chi connectivity index (χ3v) is 3.68. The van der Waals surface area contributed by atoms with Crippen molar-refractivity contribution in [2.24, 2.45) is 0 Å². The van der Waals surface area contributed by atoms with Crippen LogP contribution in [-0.4, -0.2) is 16.9 Å². The maximum atomic E-state index is 12.7. The van der Waals surface area contributed by atoms with Crippen LogP contribution in [0, 0.1) is 0 Å². The number of benzene rings is 2. The molecule has 1 N–H and O–H groups in total. The van der Waals surface area contributed by atoms with Crippen molar-refractivity contribution >= 4 is 29.1 Å². The molecule has 1 aliphatic rings. The quantitative estimate of drug-likeness (QED) is 0.801. The molecule has 0 bridgehead atoms. The van der Waals surface area contributed by atoms with Gasteiger partial charge >= 0.3 is 6.18 Å². The molecule has 0 saturated carbocycles. The first kappa shape index (κ1) is 15.4. The average Bonchev–Trinajstić information content (AvgIpc) is 2.71. The van der Waals surface area contributed by atoms with Gasteiger partial charge in [-0.25, -0.2) is 4.90 Å². The van der Waals surface area contributed by atoms with E-state index in [1.807, 2.05) is 0 Å². The fourth-order valence-electron chi connectivity index (χ4n) is 2.36. The second kappa shape index (κ2) is 4.99. The van der Waals surface area contributed by atoms with E-state index in [-0.39, 0.29) is 11.1 Å². The number of phenolic OH excluding ortho intramolecular Hbond substituents is 1. The van der Waals surface area contributed by atoms with Crippen molar-refractivity contribution in [3.63, 3.8) is 0 Å². The first-order valence-corrected chi connectivity index (χ1v) is 6.67. The van der Waals surface area contributed by atoms with E-state index in [9.17, 15) is 27.9 Å². The fraction of sp³-hybridized carbons (Fsp3) is 0.0667. The Hall–Kier alpha value is -2.54. The average molecular weight is 342 g/mol. The molecule has 2 aromatic rings. The molecule has 0 atom stereocenters. The zero-order chi connectivity index (χ0) is 16.9. The number of carbonyl (C=O) groups is 2. The number of imide groups is 1. The number of hydrogen-bond acceptors (Lipinski definition) is 3. The third-order valence-electron chi connectivity index (χ3n) is 3.39. The molecule has 2 amide bonds. The summed E-state index contributed by atoms with van der Waals surface area (Å²) in [5.41, 5.74) is -1.47. The first-order valence-electron chi connectivity index (χ1n) is 6.29. The standard InChI is InChI=1S/C15H7ClF3NO3/c16-10-5-7(15(17,18)19)6-11(21)12(10)20-13(22)8-3-1-2-4-9(8)14(20)23/h1-6,21H. The minimum Gasteiger partial charge on any atom is -0.506 e. The van der Waals surface area contributed by atoms with Gasteiger partial charge in [0, 0.05) is 0 Å². The highest BCUT2D eigenvalue weighted by molar-refractivity contribution is 6.40. The van der Waals surface area contributed by atoms with Crippen LogP contribution >= 0.6 is 11.6 Å². The Morgan fingerprint density at radius 3 is 1.96 bits per heavy atom. The van der Waals surface area contributed by atoms with Gasteiger partial charge in [-0.3, -0.25) is 9.59 Å². The Morgan fingerprint density at radius 1 is 1.00 bits per heavy atom. The summed E-state index contributed by atoms with van der Waals surface area (Å²) in [7, 11) is 0. The van der Waals surface area contributed by atoms with Gasteiger partial charge in [-0.05, 0) is 24.3 Å². The van der Waals surface area contributed by atoms with E-state index in [4.69, 9.17) is 11.6 Å². The van der Waals surface area contributed by atoms with Gasteiger partial charge in [0.15, 0.2) is 0 Å². The van der Waals surface area contributed by atoms with Crippen molar-refractivity contribution in [1.82, 2.24) is 0 Å². The molecule has 0 aromatic heterocycles. The number of nitrogens with zero attached hydrogens (tertiary/aromatic N) is 1. The van der Waals surface area contributed by atoms with Crippen LogP contribution in [0.4, 0.5) is 18.9 Å². The minimum atomic E-state index is -4.72. The smallest absolute Gasteiger partial charge is 0.416 e. The number of amides is 2. The number of anilines is 1. The number of rotatable bonds is 1. The summed E-state index contributed by atoms with van der Waals surface area (Å²) in [6.07, 6.45) is -4.72. The molecule has 1 heterocycles. The van der Waals surface area contributed by atoms with Gasteiger partial charge in [-0.2, -0.15) is 13.2 Å². The zero-order valence-electron chi connectivity index (χ0n) is 11.2. The van der Waals surface area contributed by atoms with Crippen molar-refractivity contribution in [2.45, 2.75) is 6.18 Å². The van der Waals surface area contributed by atoms with Crippen LogP contribution in [0.25, 0.3) is 0 Å². The molecule has 0 fully saturated rings. The van der Waals surface area contributed by atoms with Gasteiger partial charge < -0.3 is 5.11 Å². The van der Waals surface area contributed by atoms with Crippen molar-refractivity contribution in [3.8, 4) is 5.75 Å². The summed E-state index contributed by atoms with van der Waals surface area (Å²) < 4.78 is 38.1. The first-order chi connectivity index (χ1) is 10.7. The fourth-order valence-corrected chi connectivity index (χ4v) is 2.66. The van der Waals surface area contributed by atoms with Crippen LogP contribution in [0.5, 0.6) is 5.75 Å². The van der Waals surface area contributed by atoms with Crippen LogP contribution in [-0.2, 0) is 6.18 Å². The van der Waals surface area contributed by atoms with E-state index in [0.29, 0.717) is 17.0 Å². The molecule has 1 aliphatic heterocycles. The van der Waals surface area contributed by atoms with Crippen LogP contribution in [0.1, 0.15) is 26.3 Å². The molecule has 23 heavy (non-hydrogen) atoms. The molecule has 0 saturated heterocycles. The summed E-state index contributed by atoms with van der Waals surface area (Å²) in [5, 5.41) is 9.33.